The molecule has 0 unspecified atom stereocenters. The minimum absolute atomic E-state index is 0.921. The van der Waals surface area contributed by atoms with E-state index in [1.807, 2.05) is 13.8 Å². The molecule has 0 saturated carbocycles. The fraction of sp³-hybridized carbons (Fsp3) is 0.778. The predicted molar refractivity (Wildman–Crippen MR) is 104 cm³/mol. The molecule has 0 amide bonds. The average molecular weight is 343 g/mol. The van der Waals surface area contributed by atoms with E-state index in [1.54, 1.807) is 22.7 Å². The first-order valence-corrected chi connectivity index (χ1v) is 10.4. The molecule has 0 fully saturated rings. The number of fused-ring (bicyclic) bond motifs is 1. The van der Waals surface area contributed by atoms with E-state index in [9.17, 15) is 0 Å². The van der Waals surface area contributed by atoms with E-state index in [0.717, 1.165) is 15.7 Å². The van der Waals surface area contributed by atoms with Crippen LogP contribution in [-0.2, 0) is 0 Å². The van der Waals surface area contributed by atoms with Gasteiger partial charge in [0.15, 0.2) is 5.65 Å². The van der Waals surface area contributed by atoms with Crippen LogP contribution in [0.4, 0.5) is 0 Å². The number of hydrogen-bond donors (Lipinski definition) is 0. The molecule has 0 aromatic carbocycles. The van der Waals surface area contributed by atoms with Crippen molar-refractivity contribution in [1.29, 1.82) is 0 Å². The minimum Gasteiger partial charge on any atom is -0.221 e. The zero-order valence-corrected chi connectivity index (χ0v) is 17.0. The molecule has 0 bridgehead atoms. The summed E-state index contributed by atoms with van der Waals surface area (Å²) < 4.78 is 1.25. The third-order valence-electron chi connectivity index (χ3n) is 3.10. The van der Waals surface area contributed by atoms with Gasteiger partial charge in [-0.25, -0.2) is 9.97 Å². The highest BCUT2D eigenvalue weighted by Crippen LogP contribution is 2.26. The summed E-state index contributed by atoms with van der Waals surface area (Å²) in [7, 11) is 0. The Morgan fingerprint density at radius 2 is 1.05 bits per heavy atom. The Hall–Kier alpha value is -0.480. The van der Waals surface area contributed by atoms with Crippen LogP contribution in [0.2, 0.25) is 0 Å². The highest BCUT2D eigenvalue weighted by atomic mass is 32.2. The molecule has 0 radical (unpaired) electrons. The summed E-state index contributed by atoms with van der Waals surface area (Å²) in [5.41, 5.74) is 0.921. The van der Waals surface area contributed by atoms with Crippen molar-refractivity contribution in [3.05, 3.63) is 10.0 Å². The molecule has 0 saturated heterocycles. The average Bonchev–Trinajstić information content (AvgIpc) is 2.97. The second-order valence-electron chi connectivity index (χ2n) is 5.49. The maximum absolute atomic E-state index is 4.25. The van der Waals surface area contributed by atoms with Crippen molar-refractivity contribution >= 4 is 32.3 Å². The lowest BCUT2D eigenvalue weighted by Crippen LogP contribution is -1.70. The van der Waals surface area contributed by atoms with Crippen LogP contribution >= 0.6 is 22.7 Å². The lowest BCUT2D eigenvalue weighted by molar-refractivity contribution is 0.656. The molecule has 2 aromatic heterocycles. The molecule has 2 aromatic rings. The van der Waals surface area contributed by atoms with Gasteiger partial charge in [0, 0.05) is 0 Å². The van der Waals surface area contributed by atoms with Crippen molar-refractivity contribution in [3.63, 3.8) is 0 Å². The second-order valence-corrected chi connectivity index (χ2v) is 8.16. The molecule has 0 aliphatic heterocycles. The second kappa shape index (κ2) is 14.1. The van der Waals surface area contributed by atoms with E-state index in [4.69, 9.17) is 0 Å². The summed E-state index contributed by atoms with van der Waals surface area (Å²) in [6, 6.07) is 0. The zero-order chi connectivity index (χ0) is 16.8. The van der Waals surface area contributed by atoms with Crippen LogP contribution in [0.3, 0.4) is 0 Å². The van der Waals surface area contributed by atoms with E-state index in [2.05, 4.69) is 37.7 Å². The predicted octanol–water partition coefficient (Wildman–Crippen LogP) is 7.54. The summed E-state index contributed by atoms with van der Waals surface area (Å²) in [6.45, 7) is 12.9. The Labute approximate surface area is 145 Å². The van der Waals surface area contributed by atoms with Crippen LogP contribution in [-0.4, -0.2) is 9.97 Å². The maximum atomic E-state index is 4.25. The molecule has 0 N–H and O–H groups in total. The Kier molecular flexibility index (Phi) is 13.8. The fourth-order valence-electron chi connectivity index (χ4n) is 1.87. The molecule has 2 rings (SSSR count). The molecular formula is C18H34N2S2. The fourth-order valence-corrected chi connectivity index (χ4v) is 3.93. The van der Waals surface area contributed by atoms with Crippen molar-refractivity contribution in [3.8, 4) is 0 Å². The SMILES string of the molecule is CCCCC.CCCCCCC.Cc1nc2nc(C)sc2s1. The van der Waals surface area contributed by atoms with Crippen LogP contribution in [0, 0.1) is 13.8 Å². The van der Waals surface area contributed by atoms with Gasteiger partial charge in [0.05, 0.1) is 10.0 Å². The Balaban J connectivity index is 0.000000326. The van der Waals surface area contributed by atoms with Crippen molar-refractivity contribution in [2.24, 2.45) is 0 Å². The van der Waals surface area contributed by atoms with Gasteiger partial charge in [-0.3, -0.25) is 0 Å². The summed E-state index contributed by atoms with van der Waals surface area (Å²) in [5.74, 6) is 0. The van der Waals surface area contributed by atoms with Crippen molar-refractivity contribution in [2.75, 3.05) is 0 Å². The number of rotatable bonds is 6. The molecule has 22 heavy (non-hydrogen) atoms. The van der Waals surface area contributed by atoms with Gasteiger partial charge >= 0.3 is 0 Å². The van der Waals surface area contributed by atoms with E-state index in [-0.39, 0.29) is 0 Å². The molecule has 128 valence electrons. The molecule has 0 aliphatic rings. The molecule has 4 heteroatoms. The smallest absolute Gasteiger partial charge is 0.182 e. The van der Waals surface area contributed by atoms with Crippen LogP contribution in [0.1, 0.15) is 89.1 Å². The quantitative estimate of drug-likeness (QED) is 0.506. The van der Waals surface area contributed by atoms with Gasteiger partial charge in [0.2, 0.25) is 0 Å². The van der Waals surface area contributed by atoms with Gasteiger partial charge < -0.3 is 0 Å². The first-order chi connectivity index (χ1) is 10.6. The molecule has 0 spiro atoms. The van der Waals surface area contributed by atoms with Crippen molar-refractivity contribution in [1.82, 2.24) is 9.97 Å². The number of aromatic nitrogens is 2. The summed E-state index contributed by atoms with van der Waals surface area (Å²) >= 11 is 3.44. The number of unbranched alkanes of at least 4 members (excludes halogenated alkanes) is 6. The standard InChI is InChI=1S/C7H16.C6H6N2S2.C5H12/c1-3-5-7-6-4-2;1-3-7-5-6(9-3)10-4(2)8-5;1-3-5-4-2/h3-7H2,1-2H3;1-2H3;3-5H2,1-2H3. The van der Waals surface area contributed by atoms with Crippen molar-refractivity contribution < 1.29 is 0 Å². The normalized spacial score (nSPS) is 9.91. The maximum Gasteiger partial charge on any atom is 0.182 e. The summed E-state index contributed by atoms with van der Waals surface area (Å²) in [5, 5.41) is 2.21. The third kappa shape index (κ3) is 10.3. The monoisotopic (exact) mass is 342 g/mol. The topological polar surface area (TPSA) is 25.8 Å². The lowest BCUT2D eigenvalue weighted by atomic mass is 10.2. The molecule has 2 heterocycles. The minimum atomic E-state index is 0.921. The largest absolute Gasteiger partial charge is 0.221 e. The zero-order valence-electron chi connectivity index (χ0n) is 15.4. The molecular weight excluding hydrogens is 308 g/mol. The first kappa shape index (κ1) is 21.5. The number of thiazole rings is 2. The van der Waals surface area contributed by atoms with Crippen molar-refractivity contribution in [2.45, 2.75) is 92.9 Å². The van der Waals surface area contributed by atoms with E-state index >= 15 is 0 Å². The third-order valence-corrected chi connectivity index (χ3v) is 5.11. The van der Waals surface area contributed by atoms with E-state index < -0.39 is 0 Å². The summed E-state index contributed by atoms with van der Waals surface area (Å²) in [4.78, 5) is 8.50. The number of nitrogens with zero attached hydrogens (tertiary/aromatic N) is 2. The van der Waals surface area contributed by atoms with Gasteiger partial charge in [0.25, 0.3) is 0 Å². The van der Waals surface area contributed by atoms with Crippen LogP contribution in [0.5, 0.6) is 0 Å². The van der Waals surface area contributed by atoms with Gasteiger partial charge in [0.1, 0.15) is 4.01 Å². The first-order valence-electron chi connectivity index (χ1n) is 8.79. The van der Waals surface area contributed by atoms with Crippen LogP contribution in [0.25, 0.3) is 9.66 Å². The van der Waals surface area contributed by atoms with Crippen LogP contribution < -0.4 is 0 Å². The van der Waals surface area contributed by atoms with Gasteiger partial charge in [-0.2, -0.15) is 0 Å². The molecule has 0 aliphatic carbocycles. The van der Waals surface area contributed by atoms with Gasteiger partial charge in [-0.05, 0) is 13.8 Å². The Morgan fingerprint density at radius 3 is 1.32 bits per heavy atom. The molecule has 2 nitrogen and oxygen atoms in total. The van der Waals surface area contributed by atoms with Gasteiger partial charge in [-0.1, -0.05) is 79.1 Å². The van der Waals surface area contributed by atoms with E-state index in [0.29, 0.717) is 0 Å². The lowest BCUT2D eigenvalue weighted by Gasteiger charge is -1.90. The number of hydrogen-bond acceptors (Lipinski definition) is 4. The van der Waals surface area contributed by atoms with Crippen LogP contribution in [0.15, 0.2) is 0 Å². The number of aryl methyl sites for hydroxylation is 2. The molecule has 0 atom stereocenters. The highest BCUT2D eigenvalue weighted by Gasteiger charge is 2.03. The van der Waals surface area contributed by atoms with Gasteiger partial charge in [-0.15, -0.1) is 22.7 Å². The highest BCUT2D eigenvalue weighted by molar-refractivity contribution is 7.37. The Morgan fingerprint density at radius 1 is 0.636 bits per heavy atom. The van der Waals surface area contributed by atoms with E-state index in [1.165, 1.54) is 55.4 Å². The Bertz CT molecular complexity index is 405. The summed E-state index contributed by atoms with van der Waals surface area (Å²) in [6.07, 6.45) is 11.1.